The molecule has 1 atom stereocenters. The molecule has 13 heteroatoms. The highest BCUT2D eigenvalue weighted by Crippen LogP contribution is 2.43. The van der Waals surface area contributed by atoms with Crippen molar-refractivity contribution in [1.29, 1.82) is 0 Å². The summed E-state index contributed by atoms with van der Waals surface area (Å²) in [6.07, 6.45) is 3.41. The van der Waals surface area contributed by atoms with Crippen LogP contribution in [0.5, 0.6) is 0 Å². The summed E-state index contributed by atoms with van der Waals surface area (Å²) in [6.45, 7) is 4.88. The summed E-state index contributed by atoms with van der Waals surface area (Å²) < 4.78 is 32.9. The summed E-state index contributed by atoms with van der Waals surface area (Å²) in [5, 5.41) is 21.9. The molecule has 42 heavy (non-hydrogen) atoms. The second kappa shape index (κ2) is 10.3. The van der Waals surface area contributed by atoms with Crippen LogP contribution in [0, 0.1) is 5.82 Å². The number of benzene rings is 1. The zero-order valence-electron chi connectivity index (χ0n) is 23.3. The fourth-order valence-electron chi connectivity index (χ4n) is 5.70. The first-order chi connectivity index (χ1) is 20.3. The molecule has 2 aliphatic heterocycles. The number of nitrogens with zero attached hydrogens (tertiary/aromatic N) is 8. The van der Waals surface area contributed by atoms with Crippen molar-refractivity contribution in [3.8, 4) is 17.2 Å². The monoisotopic (exact) mass is 575 g/mol. The Bertz CT molecular complexity index is 1660. The zero-order chi connectivity index (χ0) is 29.1. The Morgan fingerprint density at radius 3 is 2.67 bits per heavy atom. The Balaban J connectivity index is 1.21. The van der Waals surface area contributed by atoms with Crippen molar-refractivity contribution in [2.75, 3.05) is 18.4 Å². The Kier molecular flexibility index (Phi) is 6.59. The van der Waals surface area contributed by atoms with Gasteiger partial charge in [0.25, 0.3) is 5.91 Å². The van der Waals surface area contributed by atoms with Gasteiger partial charge in [0.15, 0.2) is 12.2 Å². The van der Waals surface area contributed by atoms with E-state index in [1.54, 1.807) is 40.7 Å². The number of aliphatic hydroxyl groups is 1. The molecule has 4 aromatic rings. The molecule has 1 unspecified atom stereocenters. The Hall–Kier alpha value is -4.07. The van der Waals surface area contributed by atoms with Gasteiger partial charge in [0, 0.05) is 38.1 Å². The lowest BCUT2D eigenvalue weighted by atomic mass is 10.1. The molecule has 218 valence electrons. The molecule has 0 radical (unpaired) electrons. The van der Waals surface area contributed by atoms with Gasteiger partial charge in [0.2, 0.25) is 0 Å². The normalized spacial score (nSPS) is 18.3. The number of hydrogen-bond acceptors (Lipinski definition) is 8. The minimum atomic E-state index is -1.02. The van der Waals surface area contributed by atoms with Crippen LogP contribution in [-0.4, -0.2) is 75.7 Å². The number of halogens is 2. The number of nitrogens with one attached hydrogen (secondary N) is 1. The molecule has 2 N–H and O–H groups in total. The molecule has 11 nitrogen and oxygen atoms in total. The molecule has 0 spiro atoms. The summed E-state index contributed by atoms with van der Waals surface area (Å²) >= 11 is 0. The maximum atomic E-state index is 15.6. The van der Waals surface area contributed by atoms with Crippen LogP contribution in [0.15, 0.2) is 43.0 Å². The van der Waals surface area contributed by atoms with Gasteiger partial charge in [0.1, 0.15) is 29.8 Å². The van der Waals surface area contributed by atoms with Crippen molar-refractivity contribution in [3.63, 3.8) is 0 Å². The lowest BCUT2D eigenvalue weighted by molar-refractivity contribution is -0.163. The van der Waals surface area contributed by atoms with E-state index in [4.69, 9.17) is 0 Å². The van der Waals surface area contributed by atoms with E-state index in [-0.39, 0.29) is 37.1 Å². The Morgan fingerprint density at radius 1 is 1.12 bits per heavy atom. The lowest BCUT2D eigenvalue weighted by Gasteiger charge is -2.42. The van der Waals surface area contributed by atoms with E-state index in [0.717, 1.165) is 24.2 Å². The summed E-state index contributed by atoms with van der Waals surface area (Å²) in [7, 11) is 0. The highest BCUT2D eigenvalue weighted by molar-refractivity contribution is 6.04. The van der Waals surface area contributed by atoms with Gasteiger partial charge in [-0.25, -0.2) is 18.7 Å². The van der Waals surface area contributed by atoms with Gasteiger partial charge < -0.3 is 19.6 Å². The highest BCUT2D eigenvalue weighted by atomic mass is 19.1. The van der Waals surface area contributed by atoms with Crippen LogP contribution in [0.3, 0.4) is 0 Å². The van der Waals surface area contributed by atoms with Crippen LogP contribution in [0.2, 0.25) is 0 Å². The van der Waals surface area contributed by atoms with Crippen molar-refractivity contribution >= 4 is 11.7 Å². The molecule has 1 aliphatic carbocycles. The maximum Gasteiger partial charge on any atom is 0.259 e. The van der Waals surface area contributed by atoms with Gasteiger partial charge in [-0.1, -0.05) is 6.07 Å². The van der Waals surface area contributed by atoms with E-state index >= 15 is 4.39 Å². The van der Waals surface area contributed by atoms with E-state index in [9.17, 15) is 14.3 Å². The SMILES string of the molecule is CC(C)n1cnnc1-c1cccc(NC(=O)c2cc3c(cc2F)CN(C(O)N2CC(F)C2)Cc2c(C4CC4)ncn2-3)n1. The Morgan fingerprint density at radius 2 is 1.93 bits per heavy atom. The lowest BCUT2D eigenvalue weighted by Crippen LogP contribution is -2.59. The molecule has 3 aromatic heterocycles. The van der Waals surface area contributed by atoms with E-state index in [1.807, 2.05) is 23.0 Å². The van der Waals surface area contributed by atoms with Crippen LogP contribution in [0.4, 0.5) is 14.6 Å². The number of anilines is 1. The van der Waals surface area contributed by atoms with Crippen LogP contribution < -0.4 is 5.32 Å². The average Bonchev–Trinajstić information content (AvgIpc) is 3.55. The smallest absolute Gasteiger partial charge is 0.259 e. The van der Waals surface area contributed by atoms with Gasteiger partial charge in [-0.3, -0.25) is 14.6 Å². The number of hydrogen-bond donors (Lipinski definition) is 2. The second-order valence-corrected chi connectivity index (χ2v) is 11.5. The molecular formula is C29H31F2N9O2. The molecule has 1 saturated heterocycles. The van der Waals surface area contributed by atoms with Crippen LogP contribution in [0.25, 0.3) is 17.2 Å². The number of fused-ring (bicyclic) bond motifs is 3. The van der Waals surface area contributed by atoms with Crippen LogP contribution >= 0.6 is 0 Å². The van der Waals surface area contributed by atoms with E-state index < -0.39 is 24.2 Å². The standard InChI is InChI=1S/C29H31F2N9O2/c1-16(2)39-15-33-36-27(39)22-4-3-5-25(34-22)35-28(41)20-9-23-18(8-21(20)31)10-37(29(42)38-11-19(30)12-38)13-24-26(17-6-7-17)32-14-40(23)24/h3-5,8-9,14-17,19,29,42H,6-7,10-13H2,1-2H3,(H,34,35,41). The minimum absolute atomic E-state index is 0.112. The predicted molar refractivity (Wildman–Crippen MR) is 149 cm³/mol. The van der Waals surface area contributed by atoms with Crippen LogP contribution in [0.1, 0.15) is 66.0 Å². The quantitative estimate of drug-likeness (QED) is 0.343. The molecule has 0 bridgehead atoms. The number of alkyl halides is 1. The largest absolute Gasteiger partial charge is 0.365 e. The van der Waals surface area contributed by atoms with Crippen LogP contribution in [-0.2, 0) is 13.1 Å². The predicted octanol–water partition coefficient (Wildman–Crippen LogP) is 3.62. The van der Waals surface area contributed by atoms with Gasteiger partial charge in [-0.15, -0.1) is 10.2 Å². The van der Waals surface area contributed by atoms with E-state index in [0.29, 0.717) is 35.2 Å². The number of amides is 1. The van der Waals surface area contributed by atoms with Crippen molar-refractivity contribution in [1.82, 2.24) is 39.1 Å². The number of pyridine rings is 1. The highest BCUT2D eigenvalue weighted by Gasteiger charge is 2.38. The number of rotatable bonds is 7. The summed E-state index contributed by atoms with van der Waals surface area (Å²) in [5.41, 5.74) is 3.41. The van der Waals surface area contributed by atoms with E-state index in [1.165, 1.54) is 12.1 Å². The van der Waals surface area contributed by atoms with Crippen molar-refractivity contribution in [3.05, 3.63) is 71.3 Å². The first-order valence-electron chi connectivity index (χ1n) is 14.1. The third kappa shape index (κ3) is 4.76. The first kappa shape index (κ1) is 26.8. The van der Waals surface area contributed by atoms with Crippen molar-refractivity contribution in [2.24, 2.45) is 0 Å². The van der Waals surface area contributed by atoms with Gasteiger partial charge in [-0.05, 0) is 56.5 Å². The molecule has 5 heterocycles. The third-order valence-electron chi connectivity index (χ3n) is 8.13. The van der Waals surface area contributed by atoms with Crippen molar-refractivity contribution < 1.29 is 18.7 Å². The van der Waals surface area contributed by atoms with Gasteiger partial charge in [-0.2, -0.15) is 0 Å². The van der Waals surface area contributed by atoms with Gasteiger partial charge in [0.05, 0.1) is 29.0 Å². The molecule has 1 amide bonds. The molecule has 2 fully saturated rings. The topological polar surface area (TPSA) is 117 Å². The number of likely N-dealkylation sites (tertiary alicyclic amines) is 1. The first-order valence-corrected chi connectivity index (χ1v) is 14.1. The molecule has 1 aromatic carbocycles. The second-order valence-electron chi connectivity index (χ2n) is 11.5. The van der Waals surface area contributed by atoms with Gasteiger partial charge >= 0.3 is 0 Å². The Labute approximate surface area is 240 Å². The molecular weight excluding hydrogens is 544 g/mol. The summed E-state index contributed by atoms with van der Waals surface area (Å²) in [4.78, 5) is 26.0. The fraction of sp³-hybridized carbons (Fsp3) is 0.414. The minimum Gasteiger partial charge on any atom is -0.365 e. The average molecular weight is 576 g/mol. The number of aliphatic hydroxyl groups excluding tert-OH is 1. The third-order valence-corrected chi connectivity index (χ3v) is 8.13. The van der Waals surface area contributed by atoms with E-state index in [2.05, 4.69) is 25.5 Å². The number of imidazole rings is 1. The summed E-state index contributed by atoms with van der Waals surface area (Å²) in [6, 6.07) is 8.11. The molecule has 1 saturated carbocycles. The number of aromatic nitrogens is 6. The van der Waals surface area contributed by atoms with Crippen molar-refractivity contribution in [2.45, 2.75) is 64.3 Å². The summed E-state index contributed by atoms with van der Waals surface area (Å²) in [5.74, 6) is -0.202. The zero-order valence-corrected chi connectivity index (χ0v) is 23.3. The maximum absolute atomic E-state index is 15.6. The molecule has 3 aliphatic rings. The number of carbonyl (C=O) groups excluding carboxylic acids is 1. The number of carbonyl (C=O) groups is 1. The molecule has 7 rings (SSSR count). The fourth-order valence-corrected chi connectivity index (χ4v) is 5.70.